The predicted octanol–water partition coefficient (Wildman–Crippen LogP) is -1.42. The molecular formula is C12H18N2O6. The van der Waals surface area contributed by atoms with Crippen molar-refractivity contribution in [3.63, 3.8) is 0 Å². The van der Waals surface area contributed by atoms with Crippen molar-refractivity contribution in [1.82, 2.24) is 10.2 Å². The van der Waals surface area contributed by atoms with E-state index < -0.39 is 30.6 Å². The van der Waals surface area contributed by atoms with Gasteiger partial charge in [0.25, 0.3) is 0 Å². The van der Waals surface area contributed by atoms with Gasteiger partial charge in [-0.2, -0.15) is 0 Å². The van der Waals surface area contributed by atoms with E-state index in [2.05, 4.69) is 11.9 Å². The molecule has 2 rings (SSSR count). The smallest absolute Gasteiger partial charge is 0.326 e. The summed E-state index contributed by atoms with van der Waals surface area (Å²) in [4.78, 5) is 24.1. The molecule has 3 N–H and O–H groups in total. The molecule has 3 amide bonds. The lowest BCUT2D eigenvalue weighted by molar-refractivity contribution is -0.125. The van der Waals surface area contributed by atoms with E-state index in [1.165, 1.54) is 11.0 Å². The third kappa shape index (κ3) is 2.83. The van der Waals surface area contributed by atoms with Crippen molar-refractivity contribution in [1.29, 1.82) is 0 Å². The number of nitrogens with zero attached hydrogens (tertiary/aromatic N) is 1. The van der Waals surface area contributed by atoms with Crippen LogP contribution in [0.25, 0.3) is 0 Å². The van der Waals surface area contributed by atoms with E-state index in [0.717, 1.165) is 0 Å². The Labute approximate surface area is 116 Å². The number of amides is 3. The maximum absolute atomic E-state index is 11.7. The van der Waals surface area contributed by atoms with Crippen LogP contribution in [0.3, 0.4) is 0 Å². The van der Waals surface area contributed by atoms with Crippen LogP contribution >= 0.6 is 0 Å². The summed E-state index contributed by atoms with van der Waals surface area (Å²) in [5.74, 6) is -0.364. The molecule has 2 aliphatic heterocycles. The second-order valence-corrected chi connectivity index (χ2v) is 4.62. The molecular weight excluding hydrogens is 268 g/mol. The highest BCUT2D eigenvalue weighted by Crippen LogP contribution is 2.27. The monoisotopic (exact) mass is 286 g/mol. The van der Waals surface area contributed by atoms with Gasteiger partial charge in [0.2, 0.25) is 5.91 Å². The van der Waals surface area contributed by atoms with E-state index in [4.69, 9.17) is 9.47 Å². The zero-order chi connectivity index (χ0) is 14.7. The highest BCUT2D eigenvalue weighted by molar-refractivity contribution is 5.96. The van der Waals surface area contributed by atoms with Gasteiger partial charge in [0.05, 0.1) is 13.2 Å². The van der Waals surface area contributed by atoms with Crippen molar-refractivity contribution in [2.24, 2.45) is 0 Å². The van der Waals surface area contributed by atoms with Gasteiger partial charge in [-0.25, -0.2) is 4.79 Å². The van der Waals surface area contributed by atoms with Crippen LogP contribution in [0.2, 0.25) is 0 Å². The average molecular weight is 286 g/mol. The summed E-state index contributed by atoms with van der Waals surface area (Å²) in [6, 6.07) is -0.619. The second kappa shape index (κ2) is 6.31. The molecule has 8 nitrogen and oxygen atoms in total. The van der Waals surface area contributed by atoms with E-state index in [9.17, 15) is 19.8 Å². The Morgan fingerprint density at radius 1 is 1.55 bits per heavy atom. The lowest BCUT2D eigenvalue weighted by Crippen LogP contribution is -2.56. The molecule has 2 heterocycles. The van der Waals surface area contributed by atoms with Crippen molar-refractivity contribution >= 4 is 11.9 Å². The molecule has 0 aromatic carbocycles. The molecule has 4 atom stereocenters. The fourth-order valence-electron chi connectivity index (χ4n) is 2.33. The minimum atomic E-state index is -1.11. The van der Waals surface area contributed by atoms with Crippen LogP contribution in [0.4, 0.5) is 4.79 Å². The maximum Gasteiger partial charge on any atom is 0.326 e. The second-order valence-electron chi connectivity index (χ2n) is 4.62. The number of aliphatic hydroxyl groups excluding tert-OH is 2. The summed E-state index contributed by atoms with van der Waals surface area (Å²) in [6.45, 7) is 3.51. The van der Waals surface area contributed by atoms with Crippen LogP contribution in [0.15, 0.2) is 12.7 Å². The highest BCUT2D eigenvalue weighted by atomic mass is 16.6. The van der Waals surface area contributed by atoms with Crippen molar-refractivity contribution in [3.8, 4) is 0 Å². The van der Waals surface area contributed by atoms with Crippen molar-refractivity contribution in [3.05, 3.63) is 12.7 Å². The van der Waals surface area contributed by atoms with Gasteiger partial charge in [-0.05, 0) is 0 Å². The first-order valence-corrected chi connectivity index (χ1v) is 6.35. The van der Waals surface area contributed by atoms with Crippen molar-refractivity contribution in [2.75, 3.05) is 19.8 Å². The van der Waals surface area contributed by atoms with E-state index in [1.54, 1.807) is 0 Å². The van der Waals surface area contributed by atoms with Gasteiger partial charge in [0.15, 0.2) is 6.23 Å². The average Bonchev–Trinajstić information content (AvgIpc) is 2.73. The molecule has 20 heavy (non-hydrogen) atoms. The Morgan fingerprint density at radius 2 is 2.30 bits per heavy atom. The third-order valence-corrected chi connectivity index (χ3v) is 3.29. The SMILES string of the molecule is C=CCO[C@H]1[C@@H](O)[C@H](N2CCC(=O)NC2=O)O[C@@H]1CO. The Morgan fingerprint density at radius 3 is 2.90 bits per heavy atom. The first-order valence-electron chi connectivity index (χ1n) is 6.35. The molecule has 2 saturated heterocycles. The molecule has 8 heteroatoms. The quantitative estimate of drug-likeness (QED) is 0.535. The zero-order valence-corrected chi connectivity index (χ0v) is 10.9. The van der Waals surface area contributed by atoms with E-state index in [0.29, 0.717) is 0 Å². The van der Waals surface area contributed by atoms with Crippen LogP contribution in [0.5, 0.6) is 0 Å². The number of aliphatic hydroxyl groups is 2. The Bertz CT molecular complexity index is 401. The highest BCUT2D eigenvalue weighted by Gasteiger charge is 2.48. The molecule has 0 aromatic rings. The van der Waals surface area contributed by atoms with Crippen molar-refractivity contribution < 1.29 is 29.3 Å². The molecule has 0 saturated carbocycles. The topological polar surface area (TPSA) is 108 Å². The van der Waals surface area contributed by atoms with Crippen molar-refractivity contribution in [2.45, 2.75) is 31.0 Å². The number of hydrogen-bond acceptors (Lipinski definition) is 6. The van der Waals surface area contributed by atoms with Crippen LogP contribution in [0, 0.1) is 0 Å². The summed E-state index contributed by atoms with van der Waals surface area (Å²) in [5, 5.41) is 21.6. The van der Waals surface area contributed by atoms with Gasteiger partial charge in [-0.1, -0.05) is 6.08 Å². The molecule has 2 aliphatic rings. The normalized spacial score (nSPS) is 34.2. The fraction of sp³-hybridized carbons (Fsp3) is 0.667. The van der Waals surface area contributed by atoms with Gasteiger partial charge in [0.1, 0.15) is 18.3 Å². The third-order valence-electron chi connectivity index (χ3n) is 3.29. The molecule has 112 valence electrons. The van der Waals surface area contributed by atoms with Gasteiger partial charge in [-0.3, -0.25) is 15.0 Å². The van der Waals surface area contributed by atoms with E-state index in [-0.39, 0.29) is 32.1 Å². The maximum atomic E-state index is 11.7. The number of hydrogen-bond donors (Lipinski definition) is 3. The first-order chi connectivity index (χ1) is 9.58. The van der Waals surface area contributed by atoms with Gasteiger partial charge in [-0.15, -0.1) is 6.58 Å². The number of urea groups is 1. The standard InChI is InChI=1S/C12H18N2O6/c1-2-5-19-10-7(6-15)20-11(9(10)17)14-4-3-8(16)13-12(14)18/h2,7,9-11,15,17H,1,3-6H2,(H,13,16,18)/t7-,9-,10-,11-/m1/s1. The molecule has 0 aromatic heterocycles. The van der Waals surface area contributed by atoms with E-state index in [1.807, 2.05) is 0 Å². The largest absolute Gasteiger partial charge is 0.394 e. The van der Waals surface area contributed by atoms with E-state index >= 15 is 0 Å². The Hall–Kier alpha value is -1.48. The minimum absolute atomic E-state index is 0.139. The molecule has 0 spiro atoms. The lowest BCUT2D eigenvalue weighted by Gasteiger charge is -2.32. The summed E-state index contributed by atoms with van der Waals surface area (Å²) < 4.78 is 10.8. The predicted molar refractivity (Wildman–Crippen MR) is 66.6 cm³/mol. The summed E-state index contributed by atoms with van der Waals surface area (Å²) in [5.41, 5.74) is 0. The van der Waals surface area contributed by atoms with Gasteiger partial charge < -0.3 is 19.7 Å². The molecule has 0 unspecified atom stereocenters. The molecule has 0 aliphatic carbocycles. The minimum Gasteiger partial charge on any atom is -0.394 e. The number of carbonyl (C=O) groups is 2. The molecule has 2 fully saturated rings. The van der Waals surface area contributed by atoms with Gasteiger partial charge in [0, 0.05) is 13.0 Å². The lowest BCUT2D eigenvalue weighted by atomic mass is 10.1. The first kappa shape index (κ1) is 14.9. The Kier molecular flexibility index (Phi) is 4.71. The van der Waals surface area contributed by atoms with Crippen LogP contribution < -0.4 is 5.32 Å². The number of imide groups is 1. The molecule has 0 radical (unpaired) electrons. The van der Waals surface area contributed by atoms with Crippen LogP contribution in [-0.4, -0.2) is 71.3 Å². The fourth-order valence-corrected chi connectivity index (χ4v) is 2.33. The number of nitrogens with one attached hydrogen (secondary N) is 1. The summed E-state index contributed by atoms with van der Waals surface area (Å²) in [7, 11) is 0. The van der Waals surface area contributed by atoms with Gasteiger partial charge >= 0.3 is 6.03 Å². The Balaban J connectivity index is 2.07. The summed E-state index contributed by atoms with van der Waals surface area (Å²) >= 11 is 0. The van der Waals surface area contributed by atoms with Crippen LogP contribution in [0.1, 0.15) is 6.42 Å². The zero-order valence-electron chi connectivity index (χ0n) is 10.9. The number of rotatable bonds is 5. The van der Waals surface area contributed by atoms with Crippen LogP contribution in [-0.2, 0) is 14.3 Å². The summed E-state index contributed by atoms with van der Waals surface area (Å²) in [6.07, 6.45) is -1.89. The number of ether oxygens (including phenoxy) is 2. The molecule has 0 bridgehead atoms. The number of carbonyl (C=O) groups excluding carboxylic acids is 2.